The van der Waals surface area contributed by atoms with E-state index in [1.807, 2.05) is 36.1 Å². The lowest BCUT2D eigenvalue weighted by atomic mass is 9.97. The molecular formula is C27H32N2O2S. The van der Waals surface area contributed by atoms with Crippen LogP contribution >= 0.6 is 11.8 Å². The summed E-state index contributed by atoms with van der Waals surface area (Å²) in [6, 6.07) is 16.3. The van der Waals surface area contributed by atoms with Crippen LogP contribution in [0.25, 0.3) is 0 Å². The van der Waals surface area contributed by atoms with Gasteiger partial charge < -0.3 is 10.2 Å². The quantitative estimate of drug-likeness (QED) is 0.557. The lowest BCUT2D eigenvalue weighted by Crippen LogP contribution is -2.47. The Labute approximate surface area is 195 Å². The Morgan fingerprint density at radius 3 is 2.69 bits per heavy atom. The van der Waals surface area contributed by atoms with E-state index in [4.69, 9.17) is 0 Å². The maximum Gasteiger partial charge on any atom is 0.241 e. The smallest absolute Gasteiger partial charge is 0.241 e. The Kier molecular flexibility index (Phi) is 7.36. The molecule has 0 unspecified atom stereocenters. The van der Waals surface area contributed by atoms with Gasteiger partial charge in [0.05, 0.1) is 18.2 Å². The van der Waals surface area contributed by atoms with E-state index in [9.17, 15) is 9.59 Å². The normalized spacial score (nSPS) is 19.2. The van der Waals surface area contributed by atoms with Gasteiger partial charge in [0.1, 0.15) is 5.25 Å². The molecule has 1 aliphatic carbocycles. The minimum absolute atomic E-state index is 0.00640. The van der Waals surface area contributed by atoms with Crippen molar-refractivity contribution in [2.24, 2.45) is 5.92 Å². The highest BCUT2D eigenvalue weighted by Gasteiger charge is 2.39. The second kappa shape index (κ2) is 10.4. The zero-order valence-electron chi connectivity index (χ0n) is 19.0. The Morgan fingerprint density at radius 1 is 1.16 bits per heavy atom. The third kappa shape index (κ3) is 5.26. The number of anilines is 1. The van der Waals surface area contributed by atoms with Crippen LogP contribution in [0.3, 0.4) is 0 Å². The number of allylic oxidation sites excluding steroid dienone is 1. The number of nitrogens with zero attached hydrogens (tertiary/aromatic N) is 1. The minimum Gasteiger partial charge on any atom is -0.356 e. The topological polar surface area (TPSA) is 49.4 Å². The van der Waals surface area contributed by atoms with Gasteiger partial charge in [-0.05, 0) is 56.7 Å². The van der Waals surface area contributed by atoms with E-state index in [2.05, 4.69) is 42.6 Å². The number of carbonyl (C=O) groups is 2. The summed E-state index contributed by atoms with van der Waals surface area (Å²) in [6.07, 6.45) is 8.05. The van der Waals surface area contributed by atoms with Gasteiger partial charge in [-0.3, -0.25) is 9.59 Å². The molecule has 0 bridgehead atoms. The predicted molar refractivity (Wildman–Crippen MR) is 132 cm³/mol. The molecule has 0 saturated carbocycles. The first-order valence-electron chi connectivity index (χ1n) is 11.6. The molecule has 0 fully saturated rings. The lowest BCUT2D eigenvalue weighted by molar-refractivity contribution is -0.128. The van der Waals surface area contributed by atoms with Crippen LogP contribution in [-0.2, 0) is 16.1 Å². The zero-order valence-corrected chi connectivity index (χ0v) is 19.8. The molecule has 0 aromatic heterocycles. The maximum absolute atomic E-state index is 13.5. The molecular weight excluding hydrogens is 416 g/mol. The fourth-order valence-electron chi connectivity index (χ4n) is 4.37. The first-order valence-corrected chi connectivity index (χ1v) is 12.5. The highest BCUT2D eigenvalue weighted by molar-refractivity contribution is 8.01. The summed E-state index contributed by atoms with van der Waals surface area (Å²) in [5.74, 6) is -0.435. The van der Waals surface area contributed by atoms with Crippen molar-refractivity contribution < 1.29 is 9.59 Å². The van der Waals surface area contributed by atoms with Crippen LogP contribution in [0.4, 0.5) is 5.69 Å². The van der Waals surface area contributed by atoms with Gasteiger partial charge in [-0.2, -0.15) is 0 Å². The second-order valence-corrected chi connectivity index (χ2v) is 10.0. The van der Waals surface area contributed by atoms with E-state index in [1.165, 1.54) is 35.7 Å². The van der Waals surface area contributed by atoms with Gasteiger partial charge in [0.25, 0.3) is 0 Å². The average molecular weight is 449 g/mol. The molecule has 4 rings (SSSR count). The number of aryl methyl sites for hydroxylation is 1. The molecule has 5 heteroatoms. The molecule has 1 heterocycles. The number of hydrogen-bond donors (Lipinski definition) is 1. The Hall–Kier alpha value is -2.53. The molecule has 0 spiro atoms. The van der Waals surface area contributed by atoms with E-state index < -0.39 is 11.2 Å². The highest BCUT2D eigenvalue weighted by Crippen LogP contribution is 2.42. The van der Waals surface area contributed by atoms with Crippen LogP contribution in [0.5, 0.6) is 0 Å². The average Bonchev–Trinajstić information content (AvgIpc) is 2.82. The van der Waals surface area contributed by atoms with Gasteiger partial charge in [0.15, 0.2) is 0 Å². The SMILES string of the molecule is Cc1ccc(CN2C(=O)[C@@H]([C@@H](C)C(=O)NCCC3=CCCCC3)Sc3ccccc32)cc1. The van der Waals surface area contributed by atoms with Crippen LogP contribution in [0.2, 0.25) is 0 Å². The number of rotatable bonds is 7. The van der Waals surface area contributed by atoms with Gasteiger partial charge in [0.2, 0.25) is 11.8 Å². The fourth-order valence-corrected chi connectivity index (χ4v) is 5.66. The Bertz CT molecular complexity index is 999. The molecule has 0 saturated heterocycles. The van der Waals surface area contributed by atoms with Crippen molar-refractivity contribution in [3.8, 4) is 0 Å². The van der Waals surface area contributed by atoms with Gasteiger partial charge >= 0.3 is 0 Å². The molecule has 168 valence electrons. The van der Waals surface area contributed by atoms with Gasteiger partial charge in [-0.25, -0.2) is 0 Å². The second-order valence-electron chi connectivity index (χ2n) is 8.85. The maximum atomic E-state index is 13.5. The summed E-state index contributed by atoms with van der Waals surface area (Å²) < 4.78 is 0. The molecule has 2 atom stereocenters. The van der Waals surface area contributed by atoms with Crippen LogP contribution in [-0.4, -0.2) is 23.6 Å². The van der Waals surface area contributed by atoms with Crippen molar-refractivity contribution in [2.75, 3.05) is 11.4 Å². The number of fused-ring (bicyclic) bond motifs is 1. The standard InChI is InChI=1S/C27H32N2O2S/c1-19-12-14-22(15-13-19)18-29-23-10-6-7-11-24(23)32-25(27(29)31)20(2)26(30)28-17-16-21-8-4-3-5-9-21/h6-8,10-15,20,25H,3-5,9,16-18H2,1-2H3,(H,28,30)/t20-,25-/m1/s1. The molecule has 2 amide bonds. The Balaban J connectivity index is 1.46. The number of benzene rings is 2. The van der Waals surface area contributed by atoms with Crippen molar-refractivity contribution in [3.63, 3.8) is 0 Å². The monoisotopic (exact) mass is 448 g/mol. The molecule has 2 aromatic carbocycles. The zero-order chi connectivity index (χ0) is 22.5. The predicted octanol–water partition coefficient (Wildman–Crippen LogP) is 5.65. The molecule has 2 aromatic rings. The largest absolute Gasteiger partial charge is 0.356 e. The summed E-state index contributed by atoms with van der Waals surface area (Å²) in [7, 11) is 0. The molecule has 32 heavy (non-hydrogen) atoms. The minimum atomic E-state index is -0.427. The Morgan fingerprint density at radius 2 is 1.94 bits per heavy atom. The third-order valence-electron chi connectivity index (χ3n) is 6.38. The number of amides is 2. The first kappa shape index (κ1) is 22.7. The summed E-state index contributed by atoms with van der Waals surface area (Å²) in [5.41, 5.74) is 4.66. The van der Waals surface area contributed by atoms with Crippen LogP contribution in [0.1, 0.15) is 50.2 Å². The number of hydrogen-bond acceptors (Lipinski definition) is 3. The van der Waals surface area contributed by atoms with E-state index in [0.717, 1.165) is 35.4 Å². The molecule has 1 aliphatic heterocycles. The first-order chi connectivity index (χ1) is 15.5. The number of para-hydroxylation sites is 1. The van der Waals surface area contributed by atoms with Crippen LogP contribution in [0, 0.1) is 12.8 Å². The van der Waals surface area contributed by atoms with Gasteiger partial charge in [-0.15, -0.1) is 11.8 Å². The van der Waals surface area contributed by atoms with Gasteiger partial charge in [0, 0.05) is 11.4 Å². The van der Waals surface area contributed by atoms with Crippen molar-refractivity contribution in [1.29, 1.82) is 0 Å². The van der Waals surface area contributed by atoms with Crippen LogP contribution in [0.15, 0.2) is 65.1 Å². The van der Waals surface area contributed by atoms with E-state index in [-0.39, 0.29) is 11.8 Å². The van der Waals surface area contributed by atoms with Crippen molar-refractivity contribution in [2.45, 2.75) is 62.6 Å². The molecule has 0 radical (unpaired) electrons. The highest BCUT2D eigenvalue weighted by atomic mass is 32.2. The summed E-state index contributed by atoms with van der Waals surface area (Å²) in [5, 5.41) is 2.65. The van der Waals surface area contributed by atoms with E-state index in [1.54, 1.807) is 0 Å². The summed E-state index contributed by atoms with van der Waals surface area (Å²) in [6.45, 7) is 5.09. The lowest BCUT2D eigenvalue weighted by Gasteiger charge is -2.35. The molecule has 2 aliphatic rings. The van der Waals surface area contributed by atoms with Crippen molar-refractivity contribution in [3.05, 3.63) is 71.3 Å². The molecule has 1 N–H and O–H groups in total. The number of thioether (sulfide) groups is 1. The summed E-state index contributed by atoms with van der Waals surface area (Å²) in [4.78, 5) is 29.4. The third-order valence-corrected chi connectivity index (χ3v) is 7.84. The number of nitrogens with one attached hydrogen (secondary N) is 1. The van der Waals surface area contributed by atoms with E-state index >= 15 is 0 Å². The summed E-state index contributed by atoms with van der Waals surface area (Å²) >= 11 is 1.52. The fraction of sp³-hybridized carbons (Fsp3) is 0.407. The molecule has 4 nitrogen and oxygen atoms in total. The van der Waals surface area contributed by atoms with E-state index in [0.29, 0.717) is 13.1 Å². The van der Waals surface area contributed by atoms with Gasteiger partial charge in [-0.1, -0.05) is 60.5 Å². The van der Waals surface area contributed by atoms with Crippen molar-refractivity contribution in [1.82, 2.24) is 5.32 Å². The van der Waals surface area contributed by atoms with Crippen LogP contribution < -0.4 is 10.2 Å². The van der Waals surface area contributed by atoms with Crippen molar-refractivity contribution >= 4 is 29.3 Å². The number of carbonyl (C=O) groups excluding carboxylic acids is 2.